The number of benzene rings is 2. The maximum absolute atomic E-state index is 11.5. The Labute approximate surface area is 147 Å². The average Bonchev–Trinajstić information content (AvgIpc) is 3.09. The number of hydrogen-bond donors (Lipinski definition) is 0. The quantitative estimate of drug-likeness (QED) is 0.487. The molecule has 2 heteroatoms. The van der Waals surface area contributed by atoms with E-state index in [0.29, 0.717) is 0 Å². The first-order valence-electron chi connectivity index (χ1n) is 7.92. The van der Waals surface area contributed by atoms with Gasteiger partial charge in [0.1, 0.15) is 6.29 Å². The molecule has 0 spiro atoms. The van der Waals surface area contributed by atoms with Crippen LogP contribution >= 0.6 is 11.3 Å². The van der Waals surface area contributed by atoms with Crippen LogP contribution in [0.1, 0.15) is 32.4 Å². The average molecular weight is 330 g/mol. The summed E-state index contributed by atoms with van der Waals surface area (Å²) in [5.41, 5.74) is 3.41. The van der Waals surface area contributed by atoms with Crippen molar-refractivity contribution in [3.8, 4) is 11.8 Å². The minimum Gasteiger partial charge on any atom is -0.303 e. The van der Waals surface area contributed by atoms with E-state index in [1.807, 2.05) is 42.5 Å². The van der Waals surface area contributed by atoms with Gasteiger partial charge >= 0.3 is 0 Å². The van der Waals surface area contributed by atoms with Crippen LogP contribution in [0, 0.1) is 18.8 Å². The first-order chi connectivity index (χ1) is 11.7. The van der Waals surface area contributed by atoms with Crippen molar-refractivity contribution in [2.24, 2.45) is 0 Å². The van der Waals surface area contributed by atoms with E-state index in [1.165, 1.54) is 11.1 Å². The monoisotopic (exact) mass is 330 g/mol. The Morgan fingerprint density at radius 3 is 2.42 bits per heavy atom. The summed E-state index contributed by atoms with van der Waals surface area (Å²) in [6, 6.07) is 22.3. The predicted octanol–water partition coefficient (Wildman–Crippen LogP) is 4.98. The zero-order chi connectivity index (χ0) is 16.8. The Balaban J connectivity index is 1.74. The third-order valence-electron chi connectivity index (χ3n) is 3.84. The lowest BCUT2D eigenvalue weighted by Crippen LogP contribution is -2.02. The van der Waals surface area contributed by atoms with Crippen LogP contribution in [0.4, 0.5) is 0 Å². The fourth-order valence-corrected chi connectivity index (χ4v) is 3.39. The van der Waals surface area contributed by atoms with E-state index in [1.54, 1.807) is 11.3 Å². The fraction of sp³-hybridized carbons (Fsp3) is 0.136. The van der Waals surface area contributed by atoms with Gasteiger partial charge in [0.15, 0.2) is 0 Å². The largest absolute Gasteiger partial charge is 0.303 e. The molecule has 0 amide bonds. The first-order valence-corrected chi connectivity index (χ1v) is 8.74. The molecular formula is C22H18OS. The molecule has 0 saturated carbocycles. The van der Waals surface area contributed by atoms with Gasteiger partial charge in [0, 0.05) is 10.4 Å². The second-order valence-corrected chi connectivity index (χ2v) is 6.87. The van der Waals surface area contributed by atoms with Gasteiger partial charge in [0.05, 0.1) is 10.8 Å². The van der Waals surface area contributed by atoms with Gasteiger partial charge in [-0.3, -0.25) is 0 Å². The van der Waals surface area contributed by atoms with Gasteiger partial charge in [0.2, 0.25) is 0 Å². The standard InChI is InChI=1S/C22H18OS/c1-17-7-9-18(10-8-17)11-12-21-13-14-22(24-21)20(16-23)15-19-5-3-2-4-6-19/h2-10,13-14,16,20H,15H2,1H3. The lowest BCUT2D eigenvalue weighted by molar-refractivity contribution is -0.109. The van der Waals surface area contributed by atoms with Gasteiger partial charge in [-0.1, -0.05) is 59.9 Å². The molecule has 0 radical (unpaired) electrons. The van der Waals surface area contributed by atoms with Gasteiger partial charge in [-0.15, -0.1) is 11.3 Å². The summed E-state index contributed by atoms with van der Waals surface area (Å²) in [5.74, 6) is 6.27. The Morgan fingerprint density at radius 1 is 0.958 bits per heavy atom. The van der Waals surface area contributed by atoms with E-state index in [0.717, 1.165) is 28.0 Å². The summed E-state index contributed by atoms with van der Waals surface area (Å²) >= 11 is 1.60. The van der Waals surface area contributed by atoms with Gasteiger partial charge in [0.25, 0.3) is 0 Å². The highest BCUT2D eigenvalue weighted by molar-refractivity contribution is 7.12. The lowest BCUT2D eigenvalue weighted by Gasteiger charge is -2.07. The molecule has 2 aromatic carbocycles. The molecule has 0 bridgehead atoms. The van der Waals surface area contributed by atoms with E-state index in [2.05, 4.69) is 43.0 Å². The van der Waals surface area contributed by atoms with Crippen LogP contribution in [-0.4, -0.2) is 6.29 Å². The Bertz CT molecular complexity index is 864. The molecule has 24 heavy (non-hydrogen) atoms. The van der Waals surface area contributed by atoms with Crippen molar-refractivity contribution >= 4 is 17.6 Å². The van der Waals surface area contributed by atoms with E-state index >= 15 is 0 Å². The molecule has 0 saturated heterocycles. The van der Waals surface area contributed by atoms with E-state index < -0.39 is 0 Å². The van der Waals surface area contributed by atoms with Crippen molar-refractivity contribution in [1.82, 2.24) is 0 Å². The zero-order valence-electron chi connectivity index (χ0n) is 13.5. The zero-order valence-corrected chi connectivity index (χ0v) is 14.3. The van der Waals surface area contributed by atoms with E-state index in [4.69, 9.17) is 0 Å². The van der Waals surface area contributed by atoms with E-state index in [-0.39, 0.29) is 5.92 Å². The lowest BCUT2D eigenvalue weighted by atomic mass is 9.99. The highest BCUT2D eigenvalue weighted by atomic mass is 32.1. The molecule has 0 aliphatic rings. The summed E-state index contributed by atoms with van der Waals surface area (Å²) in [7, 11) is 0. The molecule has 0 fully saturated rings. The molecule has 3 rings (SSSR count). The van der Waals surface area contributed by atoms with Gasteiger partial charge in [-0.05, 0) is 43.2 Å². The second kappa shape index (κ2) is 7.77. The summed E-state index contributed by atoms with van der Waals surface area (Å²) in [6.07, 6.45) is 1.77. The molecule has 1 unspecified atom stereocenters. The molecule has 0 aliphatic heterocycles. The Morgan fingerprint density at radius 2 is 1.71 bits per heavy atom. The van der Waals surface area contributed by atoms with Crippen molar-refractivity contribution < 1.29 is 4.79 Å². The summed E-state index contributed by atoms with van der Waals surface area (Å²) in [5, 5.41) is 0. The Hall–Kier alpha value is -2.63. The molecule has 0 N–H and O–H groups in total. The molecule has 1 heterocycles. The number of aryl methyl sites for hydroxylation is 1. The highest BCUT2D eigenvalue weighted by Crippen LogP contribution is 2.26. The summed E-state index contributed by atoms with van der Waals surface area (Å²) in [4.78, 5) is 13.6. The molecule has 1 nitrogen and oxygen atoms in total. The van der Waals surface area contributed by atoms with Crippen LogP contribution in [0.15, 0.2) is 66.7 Å². The van der Waals surface area contributed by atoms with Gasteiger partial charge < -0.3 is 4.79 Å². The number of aldehydes is 1. The minimum absolute atomic E-state index is 0.104. The third-order valence-corrected chi connectivity index (χ3v) is 4.97. The highest BCUT2D eigenvalue weighted by Gasteiger charge is 2.13. The molecule has 3 aromatic rings. The van der Waals surface area contributed by atoms with Crippen LogP contribution in [0.3, 0.4) is 0 Å². The van der Waals surface area contributed by atoms with E-state index in [9.17, 15) is 4.79 Å². The maximum atomic E-state index is 11.5. The smallest absolute Gasteiger partial charge is 0.128 e. The summed E-state index contributed by atoms with van der Waals surface area (Å²) < 4.78 is 0. The minimum atomic E-state index is -0.104. The van der Waals surface area contributed by atoms with Crippen molar-refractivity contribution in [3.63, 3.8) is 0 Å². The van der Waals surface area contributed by atoms with Gasteiger partial charge in [-0.2, -0.15) is 0 Å². The predicted molar refractivity (Wildman–Crippen MR) is 100 cm³/mol. The normalized spacial score (nSPS) is 11.4. The molecular weight excluding hydrogens is 312 g/mol. The number of rotatable bonds is 4. The number of carbonyl (C=O) groups is 1. The first kappa shape index (κ1) is 16.2. The summed E-state index contributed by atoms with van der Waals surface area (Å²) in [6.45, 7) is 2.06. The Kier molecular flexibility index (Phi) is 5.25. The van der Waals surface area contributed by atoms with Crippen molar-refractivity contribution in [2.75, 3.05) is 0 Å². The molecule has 118 valence electrons. The number of thiophene rings is 1. The van der Waals surface area contributed by atoms with Crippen molar-refractivity contribution in [3.05, 3.63) is 93.2 Å². The fourth-order valence-electron chi connectivity index (χ4n) is 2.47. The van der Waals surface area contributed by atoms with Crippen LogP contribution in [-0.2, 0) is 11.2 Å². The molecule has 0 aliphatic carbocycles. The van der Waals surface area contributed by atoms with Crippen LogP contribution in [0.2, 0.25) is 0 Å². The van der Waals surface area contributed by atoms with Gasteiger partial charge in [-0.25, -0.2) is 0 Å². The number of carbonyl (C=O) groups excluding carboxylic acids is 1. The topological polar surface area (TPSA) is 17.1 Å². The van der Waals surface area contributed by atoms with Crippen molar-refractivity contribution in [1.29, 1.82) is 0 Å². The second-order valence-electron chi connectivity index (χ2n) is 5.75. The third kappa shape index (κ3) is 4.22. The maximum Gasteiger partial charge on any atom is 0.128 e. The van der Waals surface area contributed by atoms with Crippen LogP contribution < -0.4 is 0 Å². The van der Waals surface area contributed by atoms with Crippen LogP contribution in [0.5, 0.6) is 0 Å². The van der Waals surface area contributed by atoms with Crippen molar-refractivity contribution in [2.45, 2.75) is 19.3 Å². The molecule has 1 atom stereocenters. The molecule has 1 aromatic heterocycles. The SMILES string of the molecule is Cc1ccc(C#Cc2ccc(C(C=O)Cc3ccccc3)s2)cc1. The number of hydrogen-bond acceptors (Lipinski definition) is 2. The van der Waals surface area contributed by atoms with Crippen LogP contribution in [0.25, 0.3) is 0 Å².